The first kappa shape index (κ1) is 15.9. The maximum atomic E-state index is 12.9. The van der Waals surface area contributed by atoms with E-state index in [4.69, 9.17) is 9.47 Å². The summed E-state index contributed by atoms with van der Waals surface area (Å²) in [6.45, 7) is 2.29. The van der Waals surface area contributed by atoms with Crippen molar-refractivity contribution in [2.45, 2.75) is 30.3 Å². The molecular formula is C16H23NO4S. The Balaban J connectivity index is 1.87. The fourth-order valence-corrected chi connectivity index (χ4v) is 5.27. The number of hydrogen-bond acceptors (Lipinski definition) is 4. The summed E-state index contributed by atoms with van der Waals surface area (Å²) in [5.41, 5.74) is -0.215. The Kier molecular flexibility index (Phi) is 4.54. The maximum Gasteiger partial charge on any atom is 0.243 e. The van der Waals surface area contributed by atoms with Crippen LogP contribution in [-0.4, -0.2) is 52.2 Å². The third kappa shape index (κ3) is 2.80. The van der Waals surface area contributed by atoms with Gasteiger partial charge in [0.05, 0.1) is 17.6 Å². The second-order valence-corrected chi connectivity index (χ2v) is 8.14. The highest BCUT2D eigenvalue weighted by Crippen LogP contribution is 2.41. The minimum Gasteiger partial charge on any atom is -0.384 e. The quantitative estimate of drug-likeness (QED) is 0.848. The van der Waals surface area contributed by atoms with Crippen LogP contribution < -0.4 is 0 Å². The zero-order chi connectivity index (χ0) is 15.6. The summed E-state index contributed by atoms with van der Waals surface area (Å²) in [4.78, 5) is 0.359. The van der Waals surface area contributed by atoms with Gasteiger partial charge in [-0.2, -0.15) is 4.31 Å². The molecule has 122 valence electrons. The van der Waals surface area contributed by atoms with E-state index >= 15 is 0 Å². The number of rotatable bonds is 4. The second-order valence-electron chi connectivity index (χ2n) is 6.20. The Morgan fingerprint density at radius 1 is 1.36 bits per heavy atom. The molecule has 2 fully saturated rings. The lowest BCUT2D eigenvalue weighted by Gasteiger charge is -2.49. The van der Waals surface area contributed by atoms with E-state index in [2.05, 4.69) is 0 Å². The van der Waals surface area contributed by atoms with Crippen LogP contribution in [-0.2, 0) is 19.5 Å². The predicted octanol–water partition coefficient (Wildman–Crippen LogP) is 1.89. The minimum atomic E-state index is -3.45. The van der Waals surface area contributed by atoms with E-state index in [-0.39, 0.29) is 11.5 Å². The lowest BCUT2D eigenvalue weighted by molar-refractivity contribution is -0.137. The first-order chi connectivity index (χ1) is 10.6. The minimum absolute atomic E-state index is 0.100. The van der Waals surface area contributed by atoms with Crippen LogP contribution in [0.4, 0.5) is 0 Å². The van der Waals surface area contributed by atoms with Crippen molar-refractivity contribution in [2.75, 3.05) is 33.4 Å². The number of nitrogens with zero attached hydrogens (tertiary/aromatic N) is 1. The SMILES string of the molecule is COCC12CCCOC1CCN(S(=O)(=O)c1ccccc1)C2. The van der Waals surface area contributed by atoms with Gasteiger partial charge in [0, 0.05) is 32.2 Å². The van der Waals surface area contributed by atoms with Crippen LogP contribution in [0.1, 0.15) is 19.3 Å². The molecule has 2 unspecified atom stereocenters. The van der Waals surface area contributed by atoms with Gasteiger partial charge in [-0.3, -0.25) is 0 Å². The van der Waals surface area contributed by atoms with Crippen molar-refractivity contribution < 1.29 is 17.9 Å². The van der Waals surface area contributed by atoms with Gasteiger partial charge >= 0.3 is 0 Å². The van der Waals surface area contributed by atoms with Gasteiger partial charge in [0.2, 0.25) is 10.0 Å². The van der Waals surface area contributed by atoms with Gasteiger partial charge in [-0.05, 0) is 31.4 Å². The molecule has 0 bridgehead atoms. The number of fused-ring (bicyclic) bond motifs is 1. The lowest BCUT2D eigenvalue weighted by Crippen LogP contribution is -2.57. The second kappa shape index (κ2) is 6.28. The molecular weight excluding hydrogens is 302 g/mol. The normalized spacial score (nSPS) is 30.0. The van der Waals surface area contributed by atoms with E-state index < -0.39 is 10.0 Å². The molecule has 2 aliphatic heterocycles. The van der Waals surface area contributed by atoms with Crippen molar-refractivity contribution in [1.82, 2.24) is 4.31 Å². The molecule has 1 aromatic carbocycles. The highest BCUT2D eigenvalue weighted by atomic mass is 32.2. The van der Waals surface area contributed by atoms with E-state index in [1.807, 2.05) is 6.07 Å². The molecule has 22 heavy (non-hydrogen) atoms. The van der Waals surface area contributed by atoms with Crippen molar-refractivity contribution in [3.8, 4) is 0 Å². The average Bonchev–Trinajstić information content (AvgIpc) is 2.55. The van der Waals surface area contributed by atoms with E-state index in [0.29, 0.717) is 24.6 Å². The average molecular weight is 325 g/mol. The maximum absolute atomic E-state index is 12.9. The number of ether oxygens (including phenoxy) is 2. The Morgan fingerprint density at radius 3 is 2.86 bits per heavy atom. The monoisotopic (exact) mass is 325 g/mol. The third-order valence-electron chi connectivity index (χ3n) is 4.77. The van der Waals surface area contributed by atoms with Crippen molar-refractivity contribution in [1.29, 1.82) is 0 Å². The molecule has 0 aliphatic carbocycles. The van der Waals surface area contributed by atoms with Gasteiger partial charge in [-0.25, -0.2) is 8.42 Å². The molecule has 2 atom stereocenters. The molecule has 3 rings (SSSR count). The van der Waals surface area contributed by atoms with Crippen molar-refractivity contribution in [3.63, 3.8) is 0 Å². The number of sulfonamides is 1. The van der Waals surface area contributed by atoms with Crippen LogP contribution in [0, 0.1) is 5.41 Å². The summed E-state index contributed by atoms with van der Waals surface area (Å²) in [6.07, 6.45) is 2.74. The van der Waals surface area contributed by atoms with Crippen LogP contribution in [0.5, 0.6) is 0 Å². The largest absolute Gasteiger partial charge is 0.384 e. The Bertz CT molecular complexity index is 600. The molecule has 2 saturated heterocycles. The van der Waals surface area contributed by atoms with E-state index in [1.165, 1.54) is 0 Å². The molecule has 0 radical (unpaired) electrons. The summed E-state index contributed by atoms with van der Waals surface area (Å²) in [6, 6.07) is 8.65. The smallest absolute Gasteiger partial charge is 0.243 e. The first-order valence-electron chi connectivity index (χ1n) is 7.74. The summed E-state index contributed by atoms with van der Waals surface area (Å²) in [5.74, 6) is 0. The van der Waals surface area contributed by atoms with Gasteiger partial charge in [0.25, 0.3) is 0 Å². The van der Waals surface area contributed by atoms with Crippen LogP contribution in [0.25, 0.3) is 0 Å². The summed E-state index contributed by atoms with van der Waals surface area (Å²) in [7, 11) is -1.78. The van der Waals surface area contributed by atoms with Gasteiger partial charge in [0.15, 0.2) is 0 Å². The molecule has 6 heteroatoms. The Labute approximate surface area is 132 Å². The van der Waals surface area contributed by atoms with Gasteiger partial charge < -0.3 is 9.47 Å². The number of benzene rings is 1. The van der Waals surface area contributed by atoms with Crippen molar-refractivity contribution in [3.05, 3.63) is 30.3 Å². The fourth-order valence-electron chi connectivity index (χ4n) is 3.69. The zero-order valence-corrected chi connectivity index (χ0v) is 13.7. The Morgan fingerprint density at radius 2 is 2.14 bits per heavy atom. The lowest BCUT2D eigenvalue weighted by atomic mass is 9.73. The number of piperidine rings is 1. The number of hydrogen-bond donors (Lipinski definition) is 0. The van der Waals surface area contributed by atoms with Crippen LogP contribution >= 0.6 is 0 Å². The zero-order valence-electron chi connectivity index (χ0n) is 12.9. The highest BCUT2D eigenvalue weighted by molar-refractivity contribution is 7.89. The Hall–Kier alpha value is -0.950. The highest BCUT2D eigenvalue weighted by Gasteiger charge is 2.48. The summed E-state index contributed by atoms with van der Waals surface area (Å²) >= 11 is 0. The summed E-state index contributed by atoms with van der Waals surface area (Å²) < 4.78 is 38.6. The van der Waals surface area contributed by atoms with Gasteiger partial charge in [0.1, 0.15) is 0 Å². The molecule has 2 aliphatic rings. The van der Waals surface area contributed by atoms with Crippen LogP contribution in [0.2, 0.25) is 0 Å². The van der Waals surface area contributed by atoms with Crippen molar-refractivity contribution >= 4 is 10.0 Å². The number of methoxy groups -OCH3 is 1. The topological polar surface area (TPSA) is 55.8 Å². The van der Waals surface area contributed by atoms with Crippen LogP contribution in [0.3, 0.4) is 0 Å². The third-order valence-corrected chi connectivity index (χ3v) is 6.63. The molecule has 0 spiro atoms. The predicted molar refractivity (Wildman–Crippen MR) is 83.1 cm³/mol. The van der Waals surface area contributed by atoms with E-state index in [9.17, 15) is 8.42 Å². The van der Waals surface area contributed by atoms with E-state index in [1.54, 1.807) is 35.7 Å². The molecule has 1 aromatic rings. The van der Waals surface area contributed by atoms with Gasteiger partial charge in [-0.1, -0.05) is 18.2 Å². The molecule has 5 nitrogen and oxygen atoms in total. The standard InChI is InChI=1S/C16H23NO4S/c1-20-13-16-9-5-11-21-15(16)8-10-17(12-16)22(18,19)14-6-3-2-4-7-14/h2-4,6-7,15H,5,8-13H2,1H3. The molecule has 0 saturated carbocycles. The first-order valence-corrected chi connectivity index (χ1v) is 9.18. The molecule has 2 heterocycles. The van der Waals surface area contributed by atoms with Crippen LogP contribution in [0.15, 0.2) is 35.2 Å². The fraction of sp³-hybridized carbons (Fsp3) is 0.625. The molecule has 0 aromatic heterocycles. The van der Waals surface area contributed by atoms with E-state index in [0.717, 1.165) is 25.9 Å². The molecule has 0 N–H and O–H groups in total. The molecule has 0 amide bonds. The van der Waals surface area contributed by atoms with Gasteiger partial charge in [-0.15, -0.1) is 0 Å². The summed E-state index contributed by atoms with van der Waals surface area (Å²) in [5, 5.41) is 0. The van der Waals surface area contributed by atoms with Crippen molar-refractivity contribution in [2.24, 2.45) is 5.41 Å².